The first kappa shape index (κ1) is 14.5. The Balaban J connectivity index is 3.08. The van der Waals surface area contributed by atoms with Crippen molar-refractivity contribution < 1.29 is 10.2 Å². The van der Waals surface area contributed by atoms with Crippen molar-refractivity contribution in [1.82, 2.24) is 0 Å². The van der Waals surface area contributed by atoms with Crippen molar-refractivity contribution in [2.75, 3.05) is 31.2 Å². The van der Waals surface area contributed by atoms with Crippen LogP contribution in [0.3, 0.4) is 0 Å². The first-order valence-electron chi connectivity index (χ1n) is 6.10. The largest absolute Gasteiger partial charge is 0.395 e. The smallest absolute Gasteiger partial charge is 0.0700 e. The summed E-state index contributed by atoms with van der Waals surface area (Å²) in [5.74, 6) is -0.158. The van der Waals surface area contributed by atoms with Gasteiger partial charge in [-0.1, -0.05) is 12.1 Å². The zero-order chi connectivity index (χ0) is 13.5. The van der Waals surface area contributed by atoms with Crippen LogP contribution in [0, 0.1) is 18.3 Å². The number of aliphatic hydroxyl groups excluding tert-OH is 2. The Kier molecular flexibility index (Phi) is 5.63. The minimum atomic E-state index is -0.158. The molecule has 0 aliphatic carbocycles. The van der Waals surface area contributed by atoms with E-state index in [9.17, 15) is 0 Å². The van der Waals surface area contributed by atoms with Crippen molar-refractivity contribution in [2.24, 2.45) is 0 Å². The van der Waals surface area contributed by atoms with E-state index in [4.69, 9.17) is 15.5 Å². The van der Waals surface area contributed by atoms with Crippen LogP contribution in [0.4, 0.5) is 5.69 Å². The molecule has 0 saturated carbocycles. The summed E-state index contributed by atoms with van der Waals surface area (Å²) in [5.41, 5.74) is 3.00. The van der Waals surface area contributed by atoms with E-state index in [1.54, 1.807) is 0 Å². The molecule has 4 nitrogen and oxygen atoms in total. The molecule has 0 spiro atoms. The molecule has 0 saturated heterocycles. The van der Waals surface area contributed by atoms with Crippen molar-refractivity contribution in [3.8, 4) is 6.07 Å². The van der Waals surface area contributed by atoms with Crippen LogP contribution >= 0.6 is 0 Å². The number of aliphatic hydroxyl groups is 2. The van der Waals surface area contributed by atoms with Crippen LogP contribution in [0.5, 0.6) is 0 Å². The Morgan fingerprint density at radius 2 is 1.89 bits per heavy atom. The molecule has 0 bridgehead atoms. The van der Waals surface area contributed by atoms with E-state index in [2.05, 4.69) is 6.07 Å². The van der Waals surface area contributed by atoms with Gasteiger partial charge in [-0.25, -0.2) is 0 Å². The second-order valence-electron chi connectivity index (χ2n) is 4.33. The maximum Gasteiger partial charge on any atom is 0.0700 e. The second-order valence-corrected chi connectivity index (χ2v) is 4.33. The quantitative estimate of drug-likeness (QED) is 0.799. The third-order valence-corrected chi connectivity index (χ3v) is 3.01. The van der Waals surface area contributed by atoms with Gasteiger partial charge < -0.3 is 15.1 Å². The van der Waals surface area contributed by atoms with E-state index in [0.29, 0.717) is 13.1 Å². The summed E-state index contributed by atoms with van der Waals surface area (Å²) in [4.78, 5) is 1.93. The lowest BCUT2D eigenvalue weighted by atomic mass is 9.99. The van der Waals surface area contributed by atoms with Crippen LogP contribution < -0.4 is 4.90 Å². The first-order valence-corrected chi connectivity index (χ1v) is 6.10. The zero-order valence-corrected chi connectivity index (χ0v) is 10.9. The monoisotopic (exact) mass is 248 g/mol. The average Bonchev–Trinajstić information content (AvgIpc) is 2.38. The number of hydrogen-bond acceptors (Lipinski definition) is 4. The molecule has 0 fully saturated rings. The molecule has 0 aliphatic heterocycles. The summed E-state index contributed by atoms with van der Waals surface area (Å²) in [6, 6.07) is 8.10. The Morgan fingerprint density at radius 1 is 1.28 bits per heavy atom. The molecule has 4 heteroatoms. The third-order valence-electron chi connectivity index (χ3n) is 3.01. The van der Waals surface area contributed by atoms with Crippen LogP contribution in [-0.4, -0.2) is 36.5 Å². The number of anilines is 1. The number of hydrogen-bond donors (Lipinski definition) is 2. The fourth-order valence-corrected chi connectivity index (χ4v) is 1.91. The normalized spacial score (nSPS) is 11.9. The molecule has 0 heterocycles. The molecular formula is C14H20N2O2. The SMILES string of the molecule is Cc1ccc(C(C)C#N)cc1N(CCO)CCO. The van der Waals surface area contributed by atoms with E-state index in [-0.39, 0.29) is 19.1 Å². The summed E-state index contributed by atoms with van der Waals surface area (Å²) in [6.45, 7) is 4.88. The Hall–Kier alpha value is -1.57. The van der Waals surface area contributed by atoms with Gasteiger partial charge in [-0.15, -0.1) is 0 Å². The molecule has 0 aliphatic rings. The van der Waals surface area contributed by atoms with Gasteiger partial charge in [0, 0.05) is 18.8 Å². The lowest BCUT2D eigenvalue weighted by Crippen LogP contribution is -2.30. The zero-order valence-electron chi connectivity index (χ0n) is 10.9. The summed E-state index contributed by atoms with van der Waals surface area (Å²) < 4.78 is 0. The standard InChI is InChI=1S/C14H20N2O2/c1-11-3-4-13(12(2)10-15)9-14(11)16(5-7-17)6-8-18/h3-4,9,12,17-18H,5-8H2,1-2H3. The lowest BCUT2D eigenvalue weighted by Gasteiger charge is -2.25. The number of nitriles is 1. The van der Waals surface area contributed by atoms with E-state index >= 15 is 0 Å². The molecule has 0 aromatic heterocycles. The predicted molar refractivity (Wildman–Crippen MR) is 71.6 cm³/mol. The predicted octanol–water partition coefficient (Wildman–Crippen LogP) is 1.41. The third kappa shape index (κ3) is 3.46. The van der Waals surface area contributed by atoms with Crippen molar-refractivity contribution in [2.45, 2.75) is 19.8 Å². The highest BCUT2D eigenvalue weighted by Gasteiger charge is 2.11. The number of benzene rings is 1. The number of rotatable bonds is 6. The number of nitrogens with zero attached hydrogens (tertiary/aromatic N) is 2. The van der Waals surface area contributed by atoms with Crippen molar-refractivity contribution in [3.63, 3.8) is 0 Å². The highest BCUT2D eigenvalue weighted by Crippen LogP contribution is 2.25. The van der Waals surface area contributed by atoms with Crippen LogP contribution in [0.15, 0.2) is 18.2 Å². The second kappa shape index (κ2) is 7.00. The topological polar surface area (TPSA) is 67.5 Å². The summed E-state index contributed by atoms with van der Waals surface area (Å²) in [7, 11) is 0. The molecule has 1 aromatic rings. The van der Waals surface area contributed by atoms with E-state index in [1.165, 1.54) is 0 Å². The average molecular weight is 248 g/mol. The molecule has 0 amide bonds. The van der Waals surface area contributed by atoms with Gasteiger partial charge >= 0.3 is 0 Å². The molecule has 0 radical (unpaired) electrons. The van der Waals surface area contributed by atoms with Gasteiger partial charge in [0.1, 0.15) is 0 Å². The lowest BCUT2D eigenvalue weighted by molar-refractivity contribution is 0.281. The molecule has 1 rings (SSSR count). The van der Waals surface area contributed by atoms with Crippen LogP contribution in [-0.2, 0) is 0 Å². The fourth-order valence-electron chi connectivity index (χ4n) is 1.91. The minimum absolute atomic E-state index is 0.0392. The van der Waals surface area contributed by atoms with E-state index < -0.39 is 0 Å². The maximum absolute atomic E-state index is 9.06. The molecule has 18 heavy (non-hydrogen) atoms. The van der Waals surface area contributed by atoms with Gasteiger partial charge in [-0.05, 0) is 31.0 Å². The molecular weight excluding hydrogens is 228 g/mol. The Labute approximate surface area is 108 Å². The van der Waals surface area contributed by atoms with Gasteiger partial charge in [0.15, 0.2) is 0 Å². The maximum atomic E-state index is 9.06. The summed E-state index contributed by atoms with van der Waals surface area (Å²) in [6.07, 6.45) is 0. The minimum Gasteiger partial charge on any atom is -0.395 e. The number of aryl methyl sites for hydroxylation is 1. The van der Waals surface area contributed by atoms with Crippen LogP contribution in [0.2, 0.25) is 0 Å². The Morgan fingerprint density at radius 3 is 2.39 bits per heavy atom. The molecule has 1 unspecified atom stereocenters. The van der Waals surface area contributed by atoms with E-state index in [1.807, 2.05) is 36.9 Å². The summed E-state index contributed by atoms with van der Waals surface area (Å²) >= 11 is 0. The fraction of sp³-hybridized carbons (Fsp3) is 0.500. The first-order chi connectivity index (χ1) is 8.63. The molecule has 1 atom stereocenters. The highest BCUT2D eigenvalue weighted by molar-refractivity contribution is 5.56. The van der Waals surface area contributed by atoms with Crippen molar-refractivity contribution in [1.29, 1.82) is 5.26 Å². The molecule has 1 aromatic carbocycles. The summed E-state index contributed by atoms with van der Waals surface area (Å²) in [5, 5.41) is 27.1. The van der Waals surface area contributed by atoms with E-state index in [0.717, 1.165) is 16.8 Å². The van der Waals surface area contributed by atoms with Gasteiger partial charge in [-0.3, -0.25) is 0 Å². The van der Waals surface area contributed by atoms with Gasteiger partial charge in [-0.2, -0.15) is 5.26 Å². The van der Waals surface area contributed by atoms with Crippen molar-refractivity contribution in [3.05, 3.63) is 29.3 Å². The van der Waals surface area contributed by atoms with Gasteiger partial charge in [0.05, 0.1) is 25.2 Å². The van der Waals surface area contributed by atoms with Crippen molar-refractivity contribution >= 4 is 5.69 Å². The Bertz CT molecular complexity index is 420. The molecule has 2 N–H and O–H groups in total. The van der Waals surface area contributed by atoms with Crippen LogP contribution in [0.1, 0.15) is 24.0 Å². The van der Waals surface area contributed by atoms with Gasteiger partial charge in [0.25, 0.3) is 0 Å². The van der Waals surface area contributed by atoms with Gasteiger partial charge in [0.2, 0.25) is 0 Å². The highest BCUT2D eigenvalue weighted by atomic mass is 16.3. The van der Waals surface area contributed by atoms with Crippen LogP contribution in [0.25, 0.3) is 0 Å². The molecule has 98 valence electrons.